The van der Waals surface area contributed by atoms with Crippen LogP contribution < -0.4 is 4.89 Å². The molecule has 0 saturated carbocycles. The van der Waals surface area contributed by atoms with Crippen LogP contribution in [0.4, 0.5) is 0 Å². The second-order valence-corrected chi connectivity index (χ2v) is 19.6. The van der Waals surface area contributed by atoms with Crippen molar-refractivity contribution in [2.45, 2.75) is 225 Å². The number of phosphoric ester groups is 1. The molecule has 11 heteroatoms. The van der Waals surface area contributed by atoms with Crippen molar-refractivity contribution in [3.05, 3.63) is 36.5 Å². The first kappa shape index (κ1) is 57.2. The molecule has 0 aliphatic carbocycles. The Morgan fingerprint density at radius 2 is 1.10 bits per heavy atom. The summed E-state index contributed by atoms with van der Waals surface area (Å²) in [5.74, 6) is -0.897. The molecule has 61 heavy (non-hydrogen) atoms. The van der Waals surface area contributed by atoms with Crippen molar-refractivity contribution in [1.82, 2.24) is 0 Å². The summed E-state index contributed by atoms with van der Waals surface area (Å²) >= 11 is 0. The maximum atomic E-state index is 12.7. The number of hydrogen-bond acceptors (Lipinski definition) is 9. The number of esters is 2. The highest BCUT2D eigenvalue weighted by Crippen LogP contribution is 2.38. The monoisotopic (exact) mass is 882 g/mol. The van der Waals surface area contributed by atoms with Gasteiger partial charge in [-0.1, -0.05) is 185 Å². The lowest BCUT2D eigenvalue weighted by Gasteiger charge is -2.28. The summed E-state index contributed by atoms with van der Waals surface area (Å²) < 4.78 is 39.7. The topological polar surface area (TPSA) is 124 Å². The third-order valence-electron chi connectivity index (χ3n) is 11.1. The van der Waals surface area contributed by atoms with Gasteiger partial charge in [0, 0.05) is 12.8 Å². The number of hydrogen-bond donors (Lipinski definition) is 0. The second kappa shape index (κ2) is 38.6. The summed E-state index contributed by atoms with van der Waals surface area (Å²) in [6.45, 7) is 4.15. The maximum absolute atomic E-state index is 12.7. The first-order valence-electron chi connectivity index (χ1n) is 24.8. The molecule has 0 N–H and O–H groups in total. The zero-order valence-electron chi connectivity index (χ0n) is 39.8. The van der Waals surface area contributed by atoms with Crippen LogP contribution in [0, 0.1) is 0 Å². The molecule has 0 bridgehead atoms. The molecule has 1 aliphatic heterocycles. The molecule has 0 aromatic rings. The number of likely N-dealkylation sites (N-methyl/N-ethyl adjacent to an activating group) is 1. The Labute approximate surface area is 374 Å². The quantitative estimate of drug-likeness (QED) is 0.0147. The Bertz CT molecular complexity index is 1200. The maximum Gasteiger partial charge on any atom is 0.306 e. The van der Waals surface area contributed by atoms with Gasteiger partial charge in [-0.3, -0.25) is 14.2 Å². The van der Waals surface area contributed by atoms with Crippen LogP contribution in [0.1, 0.15) is 206 Å². The Kier molecular flexibility index (Phi) is 36.2. The van der Waals surface area contributed by atoms with Gasteiger partial charge in [-0.05, 0) is 44.9 Å². The molecule has 10 nitrogen and oxygen atoms in total. The second-order valence-electron chi connectivity index (χ2n) is 18.2. The minimum absolute atomic E-state index is 0.0423. The molecule has 1 fully saturated rings. The van der Waals surface area contributed by atoms with E-state index in [0.29, 0.717) is 36.1 Å². The van der Waals surface area contributed by atoms with E-state index in [1.807, 2.05) is 27.2 Å². The number of unbranched alkanes of at least 4 members (excludes halogenated alkanes) is 21. The van der Waals surface area contributed by atoms with Crippen molar-refractivity contribution in [2.24, 2.45) is 0 Å². The minimum Gasteiger partial charge on any atom is -0.756 e. The van der Waals surface area contributed by atoms with Gasteiger partial charge >= 0.3 is 11.9 Å². The summed E-state index contributed by atoms with van der Waals surface area (Å²) in [6.07, 6.45) is 46.4. The molecular weight excluding hydrogens is 790 g/mol. The van der Waals surface area contributed by atoms with Crippen LogP contribution >= 0.6 is 7.82 Å². The van der Waals surface area contributed by atoms with E-state index in [-0.39, 0.29) is 26.1 Å². The molecule has 0 spiro atoms. The minimum atomic E-state index is -4.65. The molecule has 1 rings (SSSR count). The molecule has 356 valence electrons. The number of quaternary nitrogens is 1. The van der Waals surface area contributed by atoms with E-state index in [1.54, 1.807) is 0 Å². The number of ether oxygens (including phenoxy) is 3. The largest absolute Gasteiger partial charge is 0.756 e. The first-order chi connectivity index (χ1) is 29.5. The fraction of sp³-hybridized carbons (Fsp3) is 0.840. The van der Waals surface area contributed by atoms with Crippen LogP contribution in [0.25, 0.3) is 0 Å². The number of nitrogens with zero attached hydrogens (tertiary/aromatic N) is 1. The normalized spacial score (nSPS) is 17.1. The lowest BCUT2D eigenvalue weighted by molar-refractivity contribution is -0.870. The standard InChI is InChI=1S/C50H92NO9P/c1-6-8-10-11-12-13-14-15-16-17-18-19-20-21-22-26-29-32-36-40-49(52)56-44-46(45-58-61(54,55)57-43-42-51(3,4)5)59-50(53)41-37-33-30-27-24-23-25-28-31-35-39-48-47(60-48)38-34-9-7-2/h23,25,27,30-31,35,46-48H,6-22,24,26,28-29,32-34,36-45H2,1-5H3/b25-23-,30-27-,35-31-/t46-,47?,48?/m1/s1. The van der Waals surface area contributed by atoms with Gasteiger partial charge in [0.05, 0.1) is 40.0 Å². The number of carbonyl (C=O) groups is 2. The smallest absolute Gasteiger partial charge is 0.306 e. The summed E-state index contributed by atoms with van der Waals surface area (Å²) in [7, 11) is 1.13. The van der Waals surface area contributed by atoms with E-state index in [4.69, 9.17) is 23.3 Å². The third kappa shape index (κ3) is 39.5. The zero-order valence-corrected chi connectivity index (χ0v) is 40.7. The van der Waals surface area contributed by atoms with Gasteiger partial charge in [0.15, 0.2) is 6.10 Å². The predicted molar refractivity (Wildman–Crippen MR) is 249 cm³/mol. The van der Waals surface area contributed by atoms with E-state index in [1.165, 1.54) is 128 Å². The van der Waals surface area contributed by atoms with Crippen LogP contribution in [0.5, 0.6) is 0 Å². The van der Waals surface area contributed by atoms with E-state index >= 15 is 0 Å². The Balaban J connectivity index is 2.25. The van der Waals surface area contributed by atoms with E-state index in [2.05, 4.69) is 44.2 Å². The van der Waals surface area contributed by atoms with Crippen LogP contribution in [-0.4, -0.2) is 82.2 Å². The lowest BCUT2D eigenvalue weighted by Crippen LogP contribution is -2.37. The molecule has 0 amide bonds. The van der Waals surface area contributed by atoms with Crippen molar-refractivity contribution < 1.29 is 46.8 Å². The fourth-order valence-electron chi connectivity index (χ4n) is 7.10. The van der Waals surface area contributed by atoms with E-state index in [0.717, 1.165) is 38.5 Å². The van der Waals surface area contributed by atoms with Gasteiger partial charge < -0.3 is 32.6 Å². The summed E-state index contributed by atoms with van der Waals surface area (Å²) in [6, 6.07) is 0. The Hall–Kier alpha value is -1.81. The molecule has 4 atom stereocenters. The Morgan fingerprint density at radius 3 is 1.66 bits per heavy atom. The average Bonchev–Trinajstić information content (AvgIpc) is 3.97. The number of rotatable bonds is 44. The molecule has 1 aliphatic rings. The van der Waals surface area contributed by atoms with Crippen LogP contribution in [0.2, 0.25) is 0 Å². The van der Waals surface area contributed by atoms with Gasteiger partial charge in [0.1, 0.15) is 19.8 Å². The molecule has 3 unspecified atom stereocenters. The van der Waals surface area contributed by atoms with Crippen LogP contribution in [0.15, 0.2) is 36.5 Å². The van der Waals surface area contributed by atoms with Crippen molar-refractivity contribution in [3.63, 3.8) is 0 Å². The van der Waals surface area contributed by atoms with Crippen molar-refractivity contribution >= 4 is 19.8 Å². The highest BCUT2D eigenvalue weighted by Gasteiger charge is 2.36. The van der Waals surface area contributed by atoms with Gasteiger partial charge in [0.25, 0.3) is 7.82 Å². The molecular formula is C50H92NO9P. The third-order valence-corrected chi connectivity index (χ3v) is 12.1. The van der Waals surface area contributed by atoms with Gasteiger partial charge in [-0.2, -0.15) is 0 Å². The molecule has 0 aromatic heterocycles. The lowest BCUT2D eigenvalue weighted by atomic mass is 10.0. The average molecular weight is 882 g/mol. The molecule has 1 heterocycles. The van der Waals surface area contributed by atoms with Crippen LogP contribution in [0.3, 0.4) is 0 Å². The number of carbonyl (C=O) groups excluding carboxylic acids is 2. The number of phosphoric acid groups is 1. The zero-order chi connectivity index (χ0) is 44.7. The summed E-state index contributed by atoms with van der Waals surface area (Å²) in [5, 5.41) is 0. The number of epoxide rings is 1. The molecule has 0 radical (unpaired) electrons. The van der Waals surface area contributed by atoms with Crippen LogP contribution in [-0.2, 0) is 37.4 Å². The highest BCUT2D eigenvalue weighted by molar-refractivity contribution is 7.45. The highest BCUT2D eigenvalue weighted by atomic mass is 31.2. The van der Waals surface area contributed by atoms with Gasteiger partial charge in [0.2, 0.25) is 0 Å². The SMILES string of the molecule is CCCCCCCCCCCCCCCCCCCCCC(=O)OC[C@H](COP(=O)([O-])OCC[N+](C)(C)C)OC(=O)CCC/C=C\C/C=C\C/C=C\CC1OC1CCCCC. The van der Waals surface area contributed by atoms with E-state index < -0.39 is 32.5 Å². The van der Waals surface area contributed by atoms with Gasteiger partial charge in [-0.15, -0.1) is 0 Å². The van der Waals surface area contributed by atoms with Crippen molar-refractivity contribution in [1.29, 1.82) is 0 Å². The molecule has 0 aromatic carbocycles. The number of allylic oxidation sites excluding steroid dienone is 5. The fourth-order valence-corrected chi connectivity index (χ4v) is 7.82. The van der Waals surface area contributed by atoms with Crippen molar-refractivity contribution in [2.75, 3.05) is 47.5 Å². The summed E-state index contributed by atoms with van der Waals surface area (Å²) in [5.41, 5.74) is 0. The molecule has 1 saturated heterocycles. The van der Waals surface area contributed by atoms with Crippen molar-refractivity contribution in [3.8, 4) is 0 Å². The summed E-state index contributed by atoms with van der Waals surface area (Å²) in [4.78, 5) is 37.7. The predicted octanol–water partition coefficient (Wildman–Crippen LogP) is 12.8. The van der Waals surface area contributed by atoms with E-state index in [9.17, 15) is 19.0 Å². The Morgan fingerprint density at radius 1 is 0.607 bits per heavy atom. The van der Waals surface area contributed by atoms with Gasteiger partial charge in [-0.25, -0.2) is 0 Å². The first-order valence-corrected chi connectivity index (χ1v) is 26.3.